The van der Waals surface area contributed by atoms with Crippen LogP contribution in [0.15, 0.2) is 0 Å². The van der Waals surface area contributed by atoms with Crippen molar-refractivity contribution < 1.29 is 14.7 Å². The van der Waals surface area contributed by atoms with E-state index in [0.29, 0.717) is 19.4 Å². The Labute approximate surface area is 118 Å². The van der Waals surface area contributed by atoms with Gasteiger partial charge in [-0.2, -0.15) is 11.8 Å². The summed E-state index contributed by atoms with van der Waals surface area (Å²) in [5, 5.41) is 14.8. The Morgan fingerprint density at radius 2 is 1.84 bits per heavy atom. The molecule has 19 heavy (non-hydrogen) atoms. The molecule has 1 fully saturated rings. The number of hydrogen-bond acceptors (Lipinski definition) is 3. The predicted octanol–water partition coefficient (Wildman–Crippen LogP) is 2.22. The van der Waals surface area contributed by atoms with Gasteiger partial charge in [0, 0.05) is 12.3 Å². The van der Waals surface area contributed by atoms with E-state index in [9.17, 15) is 14.7 Å². The molecule has 6 heteroatoms. The molecular weight excluding hydrogens is 264 g/mol. The quantitative estimate of drug-likeness (QED) is 0.517. The lowest BCUT2D eigenvalue weighted by molar-refractivity contribution is -0.145. The van der Waals surface area contributed by atoms with Crippen molar-refractivity contribution in [3.05, 3.63) is 0 Å². The van der Waals surface area contributed by atoms with E-state index in [0.717, 1.165) is 37.2 Å². The molecule has 0 aromatic rings. The van der Waals surface area contributed by atoms with E-state index in [1.54, 1.807) is 11.8 Å². The number of thioether (sulfide) groups is 1. The van der Waals surface area contributed by atoms with Crippen LogP contribution in [0.25, 0.3) is 0 Å². The number of carbonyl (C=O) groups is 2. The number of urea groups is 1. The summed E-state index contributed by atoms with van der Waals surface area (Å²) in [5.74, 6) is 0.958. The number of aliphatic carboxylic acids is 1. The van der Waals surface area contributed by atoms with Crippen molar-refractivity contribution in [2.45, 2.75) is 51.0 Å². The number of hydrogen-bond donors (Lipinski definition) is 3. The van der Waals surface area contributed by atoms with Gasteiger partial charge in [0.1, 0.15) is 5.54 Å². The van der Waals surface area contributed by atoms with Gasteiger partial charge in [-0.05, 0) is 18.6 Å². The van der Waals surface area contributed by atoms with E-state index in [1.165, 1.54) is 0 Å². The molecule has 1 rings (SSSR count). The minimum absolute atomic E-state index is 0.360. The average molecular weight is 288 g/mol. The zero-order valence-electron chi connectivity index (χ0n) is 11.5. The lowest BCUT2D eigenvalue weighted by Crippen LogP contribution is -2.57. The van der Waals surface area contributed by atoms with Crippen LogP contribution in [0, 0.1) is 0 Å². The van der Waals surface area contributed by atoms with E-state index in [-0.39, 0.29) is 6.03 Å². The standard InChI is InChI=1S/C13H24N2O3S/c1-2-19-10-9-14-12(18)15-13(11(16)17)7-5-3-4-6-8-13/h2-10H2,1H3,(H,16,17)(H2,14,15,18). The fourth-order valence-electron chi connectivity index (χ4n) is 2.37. The molecule has 0 aromatic heterocycles. The van der Waals surface area contributed by atoms with Crippen LogP contribution in [0.2, 0.25) is 0 Å². The highest BCUT2D eigenvalue weighted by atomic mass is 32.2. The van der Waals surface area contributed by atoms with E-state index >= 15 is 0 Å². The number of nitrogens with one attached hydrogen (secondary N) is 2. The first-order chi connectivity index (χ1) is 9.10. The normalized spacial score (nSPS) is 18.4. The van der Waals surface area contributed by atoms with Gasteiger partial charge in [0.15, 0.2) is 0 Å². The molecule has 0 spiro atoms. The number of amides is 2. The van der Waals surface area contributed by atoms with Gasteiger partial charge in [0.25, 0.3) is 0 Å². The Balaban J connectivity index is 2.48. The molecule has 5 nitrogen and oxygen atoms in total. The second-order valence-electron chi connectivity index (χ2n) is 4.88. The molecule has 0 aromatic carbocycles. The summed E-state index contributed by atoms with van der Waals surface area (Å²) >= 11 is 1.75. The van der Waals surface area contributed by atoms with Gasteiger partial charge in [0.05, 0.1) is 0 Å². The Hall–Kier alpha value is -0.910. The maximum absolute atomic E-state index is 11.8. The maximum Gasteiger partial charge on any atom is 0.329 e. The second kappa shape index (κ2) is 8.30. The Kier molecular flexibility index (Phi) is 7.05. The zero-order chi connectivity index (χ0) is 14.1. The largest absolute Gasteiger partial charge is 0.480 e. The first-order valence-electron chi connectivity index (χ1n) is 6.98. The third-order valence-corrected chi connectivity index (χ3v) is 4.36. The molecule has 3 N–H and O–H groups in total. The molecule has 1 aliphatic carbocycles. The molecule has 1 aliphatic rings. The summed E-state index contributed by atoms with van der Waals surface area (Å²) in [6.45, 7) is 2.63. The number of carboxylic acid groups (broad SMARTS) is 1. The van der Waals surface area contributed by atoms with Crippen LogP contribution in [-0.2, 0) is 4.79 Å². The maximum atomic E-state index is 11.8. The van der Waals surface area contributed by atoms with Gasteiger partial charge in [-0.15, -0.1) is 0 Å². The molecule has 110 valence electrons. The topological polar surface area (TPSA) is 78.4 Å². The summed E-state index contributed by atoms with van der Waals surface area (Å²) < 4.78 is 0. The molecule has 0 saturated heterocycles. The van der Waals surface area contributed by atoms with Crippen molar-refractivity contribution >= 4 is 23.8 Å². The Morgan fingerprint density at radius 1 is 1.21 bits per heavy atom. The van der Waals surface area contributed by atoms with Crippen molar-refractivity contribution in [2.75, 3.05) is 18.1 Å². The molecule has 0 bridgehead atoms. The van der Waals surface area contributed by atoms with E-state index < -0.39 is 11.5 Å². The lowest BCUT2D eigenvalue weighted by atomic mass is 9.90. The fraction of sp³-hybridized carbons (Fsp3) is 0.846. The molecule has 2 amide bonds. The van der Waals surface area contributed by atoms with Crippen molar-refractivity contribution in [2.24, 2.45) is 0 Å². The second-order valence-corrected chi connectivity index (χ2v) is 6.27. The minimum Gasteiger partial charge on any atom is -0.480 e. The smallest absolute Gasteiger partial charge is 0.329 e. The van der Waals surface area contributed by atoms with Crippen LogP contribution < -0.4 is 10.6 Å². The molecule has 1 saturated carbocycles. The van der Waals surface area contributed by atoms with Crippen molar-refractivity contribution in [1.82, 2.24) is 10.6 Å². The van der Waals surface area contributed by atoms with Gasteiger partial charge >= 0.3 is 12.0 Å². The van der Waals surface area contributed by atoms with Crippen LogP contribution in [0.4, 0.5) is 4.79 Å². The van der Waals surface area contributed by atoms with E-state index in [4.69, 9.17) is 0 Å². The molecule has 0 atom stereocenters. The van der Waals surface area contributed by atoms with Crippen LogP contribution in [0.1, 0.15) is 45.4 Å². The van der Waals surface area contributed by atoms with Gasteiger partial charge in [-0.1, -0.05) is 32.6 Å². The number of rotatable bonds is 6. The number of carboxylic acids is 1. The van der Waals surface area contributed by atoms with E-state index in [1.807, 2.05) is 0 Å². The van der Waals surface area contributed by atoms with Gasteiger partial charge in [0.2, 0.25) is 0 Å². The summed E-state index contributed by atoms with van der Waals surface area (Å²) in [6.07, 6.45) is 4.87. The fourth-order valence-corrected chi connectivity index (χ4v) is 2.90. The number of carbonyl (C=O) groups excluding carboxylic acids is 1. The average Bonchev–Trinajstić information content (AvgIpc) is 2.61. The molecule has 0 aliphatic heterocycles. The predicted molar refractivity (Wildman–Crippen MR) is 77.6 cm³/mol. The van der Waals surface area contributed by atoms with Crippen molar-refractivity contribution in [3.63, 3.8) is 0 Å². The van der Waals surface area contributed by atoms with Crippen LogP contribution in [-0.4, -0.2) is 40.7 Å². The van der Waals surface area contributed by atoms with Crippen molar-refractivity contribution in [1.29, 1.82) is 0 Å². The minimum atomic E-state index is -1.07. The Bertz CT molecular complexity index is 302. The highest BCUT2D eigenvalue weighted by Gasteiger charge is 2.39. The summed E-state index contributed by atoms with van der Waals surface area (Å²) in [4.78, 5) is 23.3. The monoisotopic (exact) mass is 288 g/mol. The van der Waals surface area contributed by atoms with Crippen LogP contribution in [0.5, 0.6) is 0 Å². The Morgan fingerprint density at radius 3 is 2.37 bits per heavy atom. The molecular formula is C13H24N2O3S. The summed E-state index contributed by atoms with van der Waals surface area (Å²) in [7, 11) is 0. The SMILES string of the molecule is CCSCCNC(=O)NC1(C(=O)O)CCCCCC1. The first-order valence-corrected chi connectivity index (χ1v) is 8.13. The van der Waals surface area contributed by atoms with Crippen LogP contribution in [0.3, 0.4) is 0 Å². The first kappa shape index (κ1) is 16.1. The third kappa shape index (κ3) is 5.30. The van der Waals surface area contributed by atoms with Gasteiger partial charge in [-0.25, -0.2) is 9.59 Å². The third-order valence-electron chi connectivity index (χ3n) is 3.46. The highest BCUT2D eigenvalue weighted by Crippen LogP contribution is 2.27. The zero-order valence-corrected chi connectivity index (χ0v) is 12.4. The molecule has 0 unspecified atom stereocenters. The van der Waals surface area contributed by atoms with Crippen molar-refractivity contribution in [3.8, 4) is 0 Å². The van der Waals surface area contributed by atoms with Gasteiger partial charge < -0.3 is 15.7 Å². The molecule has 0 heterocycles. The van der Waals surface area contributed by atoms with Crippen LogP contribution >= 0.6 is 11.8 Å². The summed E-state index contributed by atoms with van der Waals surface area (Å²) in [6, 6.07) is -0.360. The van der Waals surface area contributed by atoms with E-state index in [2.05, 4.69) is 17.6 Å². The van der Waals surface area contributed by atoms with Gasteiger partial charge in [-0.3, -0.25) is 0 Å². The summed E-state index contributed by atoms with van der Waals surface area (Å²) in [5.41, 5.74) is -1.07. The highest BCUT2D eigenvalue weighted by molar-refractivity contribution is 7.99. The lowest BCUT2D eigenvalue weighted by Gasteiger charge is -2.29. The molecule has 0 radical (unpaired) electrons.